The molecule has 0 aliphatic rings. The summed E-state index contributed by atoms with van der Waals surface area (Å²) in [4.78, 5) is 21.6. The highest BCUT2D eigenvalue weighted by molar-refractivity contribution is 5.75. The average Bonchev–Trinajstić information content (AvgIpc) is 3.22. The van der Waals surface area contributed by atoms with E-state index in [4.69, 9.17) is 0 Å². The lowest BCUT2D eigenvalue weighted by molar-refractivity contribution is 0.141. The molecule has 3 heterocycles. The van der Waals surface area contributed by atoms with Crippen LogP contribution in [0.5, 0.6) is 0 Å². The predicted molar refractivity (Wildman–Crippen MR) is 125 cm³/mol. The Hall–Kier alpha value is -3.52. The van der Waals surface area contributed by atoms with Gasteiger partial charge in [0.25, 0.3) is 5.56 Å². The summed E-state index contributed by atoms with van der Waals surface area (Å²) in [6, 6.07) is 11.5. The second-order valence-corrected chi connectivity index (χ2v) is 8.94. The molecule has 0 saturated carbocycles. The van der Waals surface area contributed by atoms with Gasteiger partial charge in [0.2, 0.25) is 5.95 Å². The summed E-state index contributed by atoms with van der Waals surface area (Å²) in [5, 5.41) is 18.0. The van der Waals surface area contributed by atoms with E-state index < -0.39 is 5.41 Å². The van der Waals surface area contributed by atoms with Crippen LogP contribution in [0.3, 0.4) is 0 Å². The molecule has 0 saturated heterocycles. The van der Waals surface area contributed by atoms with E-state index in [1.165, 1.54) is 6.07 Å². The third-order valence-corrected chi connectivity index (χ3v) is 5.53. The molecule has 0 fully saturated rings. The molecule has 2 N–H and O–H groups in total. The number of hydrogen-bond donors (Lipinski definition) is 2. The van der Waals surface area contributed by atoms with E-state index in [0.717, 1.165) is 22.1 Å². The minimum Gasteiger partial charge on any atom is -0.396 e. The molecule has 8 nitrogen and oxygen atoms in total. The van der Waals surface area contributed by atoms with Gasteiger partial charge >= 0.3 is 0 Å². The van der Waals surface area contributed by atoms with Crippen LogP contribution in [0.15, 0.2) is 59.8 Å². The molecule has 8 heteroatoms. The third-order valence-electron chi connectivity index (χ3n) is 5.53. The lowest BCUT2D eigenvalue weighted by Gasteiger charge is -2.23. The number of benzene rings is 1. The van der Waals surface area contributed by atoms with Gasteiger partial charge in [-0.3, -0.25) is 14.0 Å². The summed E-state index contributed by atoms with van der Waals surface area (Å²) in [5.74, 6) is 0.447. The first kappa shape index (κ1) is 21.7. The van der Waals surface area contributed by atoms with Gasteiger partial charge in [-0.25, -0.2) is 4.98 Å². The number of hydrogen-bond acceptors (Lipinski definition) is 6. The normalized spacial score (nSPS) is 12.8. The Morgan fingerprint density at radius 1 is 1.09 bits per heavy atom. The van der Waals surface area contributed by atoms with Crippen molar-refractivity contribution < 1.29 is 5.11 Å². The van der Waals surface area contributed by atoms with Crippen LogP contribution in [0, 0.1) is 5.41 Å². The second-order valence-electron chi connectivity index (χ2n) is 8.94. The number of aryl methyl sites for hydroxylation is 1. The Bertz CT molecular complexity index is 1290. The molecule has 0 aliphatic heterocycles. The van der Waals surface area contributed by atoms with Gasteiger partial charge in [-0.1, -0.05) is 38.1 Å². The zero-order chi connectivity index (χ0) is 22.9. The van der Waals surface area contributed by atoms with Crippen LogP contribution < -0.4 is 10.9 Å². The average molecular weight is 433 g/mol. The number of rotatable bonds is 7. The highest BCUT2D eigenvalue weighted by atomic mass is 16.3. The van der Waals surface area contributed by atoms with Gasteiger partial charge in [-0.15, -0.1) is 0 Å². The van der Waals surface area contributed by atoms with Crippen LogP contribution in [0.2, 0.25) is 0 Å². The first-order valence-electron chi connectivity index (χ1n) is 10.6. The summed E-state index contributed by atoms with van der Waals surface area (Å²) in [6.45, 7) is 6.20. The van der Waals surface area contributed by atoms with Crippen molar-refractivity contribution in [2.24, 2.45) is 12.5 Å². The monoisotopic (exact) mass is 432 g/mol. The van der Waals surface area contributed by atoms with Gasteiger partial charge in [-0.2, -0.15) is 10.1 Å². The lowest BCUT2D eigenvalue weighted by Crippen LogP contribution is -2.31. The fourth-order valence-electron chi connectivity index (χ4n) is 3.58. The van der Waals surface area contributed by atoms with Crippen LogP contribution >= 0.6 is 0 Å². The van der Waals surface area contributed by atoms with Crippen LogP contribution in [-0.2, 0) is 13.6 Å². The topological polar surface area (TPSA) is 97.9 Å². The maximum atomic E-state index is 12.5. The summed E-state index contributed by atoms with van der Waals surface area (Å²) >= 11 is 0. The molecule has 0 radical (unpaired) electrons. The number of nitrogens with zero attached hydrogens (tertiary/aromatic N) is 5. The van der Waals surface area contributed by atoms with Crippen molar-refractivity contribution in [3.05, 3.63) is 70.9 Å². The molecule has 0 unspecified atom stereocenters. The summed E-state index contributed by atoms with van der Waals surface area (Å²) in [5.41, 5.74) is 3.22. The number of nitrogens with one attached hydrogen (secondary N) is 1. The highest BCUT2D eigenvalue weighted by Gasteiger charge is 2.20. The minimum absolute atomic E-state index is 0.0297. The Labute approximate surface area is 186 Å². The Balaban J connectivity index is 1.59. The van der Waals surface area contributed by atoms with Crippen LogP contribution in [0.25, 0.3) is 22.2 Å². The Morgan fingerprint density at radius 2 is 1.84 bits per heavy atom. The quantitative estimate of drug-likeness (QED) is 0.465. The molecular formula is C24H28N6O2. The van der Waals surface area contributed by atoms with E-state index in [0.29, 0.717) is 18.1 Å². The molecule has 1 atom stereocenters. The zero-order valence-corrected chi connectivity index (χ0v) is 18.8. The first-order chi connectivity index (χ1) is 15.3. The Kier molecular flexibility index (Phi) is 5.80. The van der Waals surface area contributed by atoms with Gasteiger partial charge in [0, 0.05) is 55.0 Å². The number of aromatic nitrogens is 5. The SMILES string of the molecule is C[C@H](Nc1ncc2ccc(=O)n(CC(C)(C)CO)c2n1)c1ccc(-c2cnn(C)c2)cc1. The second kappa shape index (κ2) is 8.55. The first-order valence-corrected chi connectivity index (χ1v) is 10.6. The highest BCUT2D eigenvalue weighted by Crippen LogP contribution is 2.24. The van der Waals surface area contributed by atoms with Crippen molar-refractivity contribution in [2.75, 3.05) is 11.9 Å². The lowest BCUT2D eigenvalue weighted by atomic mass is 9.95. The molecule has 0 bridgehead atoms. The van der Waals surface area contributed by atoms with Gasteiger partial charge in [0.15, 0.2) is 0 Å². The summed E-state index contributed by atoms with van der Waals surface area (Å²) in [7, 11) is 1.90. The van der Waals surface area contributed by atoms with E-state index >= 15 is 0 Å². The van der Waals surface area contributed by atoms with Crippen molar-refractivity contribution in [1.82, 2.24) is 24.3 Å². The van der Waals surface area contributed by atoms with Crippen molar-refractivity contribution >= 4 is 17.0 Å². The standard InChI is InChI=1S/C24H28N6O2/c1-16(17-5-7-18(8-6-17)20-12-26-29(4)13-20)27-23-25-11-19-9-10-21(32)30(22(19)28-23)14-24(2,3)15-31/h5-13,16,31H,14-15H2,1-4H3,(H,25,27,28)/t16-/m0/s1. The van der Waals surface area contributed by atoms with E-state index in [1.807, 2.05) is 40.2 Å². The van der Waals surface area contributed by atoms with Gasteiger partial charge in [0.05, 0.1) is 12.2 Å². The van der Waals surface area contributed by atoms with E-state index in [9.17, 15) is 9.90 Å². The third kappa shape index (κ3) is 4.55. The number of fused-ring (bicyclic) bond motifs is 1. The number of anilines is 1. The van der Waals surface area contributed by atoms with Crippen LogP contribution in [0.1, 0.15) is 32.4 Å². The largest absolute Gasteiger partial charge is 0.396 e. The van der Waals surface area contributed by atoms with Gasteiger partial charge in [0.1, 0.15) is 5.65 Å². The molecule has 166 valence electrons. The fraction of sp³-hybridized carbons (Fsp3) is 0.333. The smallest absolute Gasteiger partial charge is 0.252 e. The number of pyridine rings is 1. The van der Waals surface area contributed by atoms with Crippen molar-refractivity contribution in [1.29, 1.82) is 0 Å². The molecule has 0 amide bonds. The fourth-order valence-corrected chi connectivity index (χ4v) is 3.58. The molecule has 0 aliphatic carbocycles. The number of aliphatic hydroxyl groups excluding tert-OH is 1. The summed E-state index contributed by atoms with van der Waals surface area (Å²) < 4.78 is 3.39. The number of aliphatic hydroxyl groups is 1. The van der Waals surface area contributed by atoms with Gasteiger partial charge < -0.3 is 10.4 Å². The van der Waals surface area contributed by atoms with Crippen molar-refractivity contribution in [3.63, 3.8) is 0 Å². The molecule has 4 rings (SSSR count). The van der Waals surface area contributed by atoms with E-state index in [1.54, 1.807) is 21.5 Å². The predicted octanol–water partition coefficient (Wildman–Crippen LogP) is 3.38. The van der Waals surface area contributed by atoms with Crippen molar-refractivity contribution in [2.45, 2.75) is 33.4 Å². The minimum atomic E-state index is -0.444. The molecule has 0 spiro atoms. The van der Waals surface area contributed by atoms with Gasteiger partial charge in [-0.05, 0) is 24.1 Å². The molecule has 32 heavy (non-hydrogen) atoms. The van der Waals surface area contributed by atoms with Crippen LogP contribution in [-0.4, -0.2) is 36.0 Å². The Morgan fingerprint density at radius 3 is 2.50 bits per heavy atom. The maximum Gasteiger partial charge on any atom is 0.252 e. The molecule has 4 aromatic rings. The summed E-state index contributed by atoms with van der Waals surface area (Å²) in [6.07, 6.45) is 5.54. The zero-order valence-electron chi connectivity index (χ0n) is 18.8. The molecule has 1 aromatic carbocycles. The van der Waals surface area contributed by atoms with Crippen LogP contribution in [0.4, 0.5) is 5.95 Å². The molecular weight excluding hydrogens is 404 g/mol. The van der Waals surface area contributed by atoms with E-state index in [-0.39, 0.29) is 18.2 Å². The van der Waals surface area contributed by atoms with Crippen molar-refractivity contribution in [3.8, 4) is 11.1 Å². The maximum absolute atomic E-state index is 12.5. The molecule has 3 aromatic heterocycles. The van der Waals surface area contributed by atoms with E-state index in [2.05, 4.69) is 44.6 Å².